The molecule has 1 aromatic carbocycles. The molecule has 1 aliphatic heterocycles. The van der Waals surface area contributed by atoms with Crippen molar-refractivity contribution >= 4 is 29.1 Å². The van der Waals surface area contributed by atoms with Gasteiger partial charge in [0.05, 0.1) is 0 Å². The van der Waals surface area contributed by atoms with Gasteiger partial charge in [-0.25, -0.2) is 9.37 Å². The number of fused-ring (bicyclic) bond motifs is 1. The van der Waals surface area contributed by atoms with Crippen LogP contribution in [0.25, 0.3) is 10.9 Å². The molecule has 0 amide bonds. The van der Waals surface area contributed by atoms with Crippen molar-refractivity contribution in [1.82, 2.24) is 10.3 Å². The number of nitrogens with one attached hydrogen (secondary N) is 1. The number of hydrogen-bond acceptors (Lipinski definition) is 3. The summed E-state index contributed by atoms with van der Waals surface area (Å²) < 4.78 is 13.8. The van der Waals surface area contributed by atoms with E-state index < -0.39 is 0 Å². The molecule has 0 bridgehead atoms. The molecule has 19 heavy (non-hydrogen) atoms. The maximum Gasteiger partial charge on any atom is 0.149 e. The van der Waals surface area contributed by atoms with Crippen molar-refractivity contribution in [1.29, 1.82) is 0 Å². The van der Waals surface area contributed by atoms with Gasteiger partial charge >= 0.3 is 0 Å². The lowest BCUT2D eigenvalue weighted by Crippen LogP contribution is -2.43. The standard InChI is InChI=1S/C14H16FN3.ClH/c1-10-9-13(18-7-5-16-6-8-18)17-14-11(10)3-2-4-12(14)15;/h2-4,9,16H,5-8H2,1H3;1H. The second kappa shape index (κ2) is 5.72. The Morgan fingerprint density at radius 3 is 2.74 bits per heavy atom. The fourth-order valence-electron chi connectivity index (χ4n) is 2.42. The zero-order valence-corrected chi connectivity index (χ0v) is 11.6. The molecule has 0 unspecified atom stereocenters. The molecule has 0 radical (unpaired) electrons. The third-order valence-electron chi connectivity index (χ3n) is 3.42. The van der Waals surface area contributed by atoms with Gasteiger partial charge in [-0.2, -0.15) is 0 Å². The van der Waals surface area contributed by atoms with Crippen molar-refractivity contribution in [3.8, 4) is 0 Å². The lowest BCUT2D eigenvalue weighted by Gasteiger charge is -2.28. The predicted molar refractivity (Wildman–Crippen MR) is 78.8 cm³/mol. The highest BCUT2D eigenvalue weighted by Crippen LogP contribution is 2.24. The van der Waals surface area contributed by atoms with E-state index in [4.69, 9.17) is 0 Å². The van der Waals surface area contributed by atoms with Crippen LogP contribution in [0.5, 0.6) is 0 Å². The van der Waals surface area contributed by atoms with Crippen LogP contribution in [-0.4, -0.2) is 31.2 Å². The summed E-state index contributed by atoms with van der Waals surface area (Å²) in [6, 6.07) is 7.17. The molecule has 5 heteroatoms. The number of aryl methyl sites for hydroxylation is 1. The third kappa shape index (κ3) is 2.65. The first-order chi connectivity index (χ1) is 8.75. The van der Waals surface area contributed by atoms with Crippen LogP contribution in [0.1, 0.15) is 5.56 Å². The quantitative estimate of drug-likeness (QED) is 0.871. The van der Waals surface area contributed by atoms with Gasteiger partial charge in [-0.05, 0) is 24.6 Å². The Labute approximate surface area is 118 Å². The number of para-hydroxylation sites is 1. The predicted octanol–water partition coefficient (Wildman–Crippen LogP) is 2.51. The Kier molecular flexibility index (Phi) is 4.22. The van der Waals surface area contributed by atoms with Gasteiger partial charge in [0, 0.05) is 31.6 Å². The molecule has 0 atom stereocenters. The zero-order valence-electron chi connectivity index (χ0n) is 10.8. The fraction of sp³-hybridized carbons (Fsp3) is 0.357. The smallest absolute Gasteiger partial charge is 0.149 e. The molecule has 1 aromatic heterocycles. The number of nitrogens with zero attached hydrogens (tertiary/aromatic N) is 2. The number of rotatable bonds is 1. The molecule has 1 fully saturated rings. The molecule has 2 heterocycles. The molecule has 102 valence electrons. The fourth-order valence-corrected chi connectivity index (χ4v) is 2.42. The molecule has 1 aliphatic rings. The maximum atomic E-state index is 13.8. The minimum absolute atomic E-state index is 0. The normalized spacial score (nSPS) is 15.4. The van der Waals surface area contributed by atoms with Crippen LogP contribution in [0.4, 0.5) is 10.2 Å². The number of anilines is 1. The third-order valence-corrected chi connectivity index (χ3v) is 3.42. The summed E-state index contributed by atoms with van der Waals surface area (Å²) in [5.41, 5.74) is 1.55. The summed E-state index contributed by atoms with van der Waals surface area (Å²) in [7, 11) is 0. The highest BCUT2D eigenvalue weighted by atomic mass is 35.5. The molecular formula is C14H17ClFN3. The minimum atomic E-state index is -0.243. The van der Waals surface area contributed by atoms with Crippen LogP contribution < -0.4 is 10.2 Å². The highest BCUT2D eigenvalue weighted by molar-refractivity contribution is 5.85. The van der Waals surface area contributed by atoms with Crippen molar-refractivity contribution in [3.63, 3.8) is 0 Å². The van der Waals surface area contributed by atoms with Gasteiger partial charge in [0.1, 0.15) is 17.2 Å². The van der Waals surface area contributed by atoms with E-state index in [1.807, 2.05) is 19.1 Å². The van der Waals surface area contributed by atoms with Gasteiger partial charge in [0.15, 0.2) is 0 Å². The van der Waals surface area contributed by atoms with E-state index in [1.165, 1.54) is 6.07 Å². The molecule has 2 aromatic rings. The lowest BCUT2D eigenvalue weighted by atomic mass is 10.1. The zero-order chi connectivity index (χ0) is 12.5. The average molecular weight is 282 g/mol. The lowest BCUT2D eigenvalue weighted by molar-refractivity contribution is 0.584. The van der Waals surface area contributed by atoms with E-state index in [0.717, 1.165) is 42.9 Å². The SMILES string of the molecule is Cc1cc(N2CCNCC2)nc2c(F)cccc12.Cl. The Balaban J connectivity index is 0.00000133. The first kappa shape index (κ1) is 14.0. The van der Waals surface area contributed by atoms with Crippen molar-refractivity contribution < 1.29 is 4.39 Å². The van der Waals surface area contributed by atoms with Gasteiger partial charge in [0.25, 0.3) is 0 Å². The first-order valence-corrected chi connectivity index (χ1v) is 6.27. The summed E-state index contributed by atoms with van der Waals surface area (Å²) >= 11 is 0. The number of benzene rings is 1. The Hall–Kier alpha value is -1.39. The number of pyridine rings is 1. The molecule has 1 N–H and O–H groups in total. The van der Waals surface area contributed by atoms with Crippen molar-refractivity contribution in [2.75, 3.05) is 31.1 Å². The summed E-state index contributed by atoms with van der Waals surface area (Å²) in [6.45, 7) is 5.76. The van der Waals surface area contributed by atoms with Crippen LogP contribution in [-0.2, 0) is 0 Å². The number of hydrogen-bond donors (Lipinski definition) is 1. The number of halogens is 2. The Morgan fingerprint density at radius 1 is 1.26 bits per heavy atom. The Bertz CT molecular complexity index is 582. The Morgan fingerprint density at radius 2 is 2.00 bits per heavy atom. The second-order valence-corrected chi connectivity index (χ2v) is 4.67. The molecular weight excluding hydrogens is 265 g/mol. The van der Waals surface area contributed by atoms with E-state index in [9.17, 15) is 4.39 Å². The molecule has 3 rings (SSSR count). The van der Waals surface area contributed by atoms with Crippen LogP contribution in [0, 0.1) is 12.7 Å². The summed E-state index contributed by atoms with van der Waals surface area (Å²) in [6.07, 6.45) is 0. The molecule has 0 saturated carbocycles. The molecule has 1 saturated heterocycles. The molecule has 3 nitrogen and oxygen atoms in total. The van der Waals surface area contributed by atoms with Crippen molar-refractivity contribution in [2.24, 2.45) is 0 Å². The van der Waals surface area contributed by atoms with Gasteiger partial charge in [0.2, 0.25) is 0 Å². The summed E-state index contributed by atoms with van der Waals surface area (Å²) in [5.74, 6) is 0.638. The number of piperazine rings is 1. The van der Waals surface area contributed by atoms with E-state index in [-0.39, 0.29) is 18.2 Å². The van der Waals surface area contributed by atoms with Crippen molar-refractivity contribution in [3.05, 3.63) is 35.6 Å². The van der Waals surface area contributed by atoms with Crippen LogP contribution in [0.15, 0.2) is 24.3 Å². The number of aromatic nitrogens is 1. The van der Waals surface area contributed by atoms with Crippen LogP contribution >= 0.6 is 12.4 Å². The molecule has 0 spiro atoms. The van der Waals surface area contributed by atoms with E-state index in [2.05, 4.69) is 15.2 Å². The highest BCUT2D eigenvalue weighted by Gasteiger charge is 2.14. The average Bonchev–Trinajstić information content (AvgIpc) is 2.41. The van der Waals surface area contributed by atoms with Crippen molar-refractivity contribution in [2.45, 2.75) is 6.92 Å². The van der Waals surface area contributed by atoms with E-state index in [0.29, 0.717) is 5.52 Å². The summed E-state index contributed by atoms with van der Waals surface area (Å²) in [5, 5.41) is 4.20. The van der Waals surface area contributed by atoms with E-state index in [1.54, 1.807) is 6.07 Å². The van der Waals surface area contributed by atoms with Gasteiger partial charge in [-0.1, -0.05) is 12.1 Å². The van der Waals surface area contributed by atoms with Gasteiger partial charge < -0.3 is 10.2 Å². The van der Waals surface area contributed by atoms with Crippen LogP contribution in [0.2, 0.25) is 0 Å². The minimum Gasteiger partial charge on any atom is -0.354 e. The largest absolute Gasteiger partial charge is 0.354 e. The van der Waals surface area contributed by atoms with Gasteiger partial charge in [-0.3, -0.25) is 0 Å². The topological polar surface area (TPSA) is 28.2 Å². The summed E-state index contributed by atoms with van der Waals surface area (Å²) in [4.78, 5) is 6.69. The first-order valence-electron chi connectivity index (χ1n) is 6.27. The maximum absolute atomic E-state index is 13.8. The van der Waals surface area contributed by atoms with Gasteiger partial charge in [-0.15, -0.1) is 12.4 Å². The molecule has 0 aliphatic carbocycles. The second-order valence-electron chi connectivity index (χ2n) is 4.67. The monoisotopic (exact) mass is 281 g/mol. The van der Waals surface area contributed by atoms with E-state index >= 15 is 0 Å². The van der Waals surface area contributed by atoms with Crippen LogP contribution in [0.3, 0.4) is 0 Å².